The summed E-state index contributed by atoms with van der Waals surface area (Å²) in [6.45, 7) is 1.71. The van der Waals surface area contributed by atoms with Crippen LogP contribution in [-0.4, -0.2) is 30.8 Å². The molecule has 1 aromatic rings. The molecule has 1 rings (SSSR count). The van der Waals surface area contributed by atoms with E-state index in [1.165, 1.54) is 0 Å². The van der Waals surface area contributed by atoms with Gasteiger partial charge in [0.1, 0.15) is 11.5 Å². The molecule has 0 bridgehead atoms. The lowest BCUT2D eigenvalue weighted by molar-refractivity contribution is -0.138. The fourth-order valence-corrected chi connectivity index (χ4v) is 1.84. The fraction of sp³-hybridized carbons (Fsp3) is 0.462. The Hall–Kier alpha value is -1.75. The smallest absolute Gasteiger partial charge is 0.305 e. The summed E-state index contributed by atoms with van der Waals surface area (Å²) in [5.74, 6) is 0.427. The molecule has 100 valence electrons. The van der Waals surface area contributed by atoms with Crippen LogP contribution in [-0.2, 0) is 11.2 Å². The van der Waals surface area contributed by atoms with Crippen LogP contribution in [0.4, 0.5) is 0 Å². The van der Waals surface area contributed by atoms with Crippen LogP contribution < -0.4 is 15.2 Å². The van der Waals surface area contributed by atoms with Gasteiger partial charge in [0.2, 0.25) is 0 Å². The van der Waals surface area contributed by atoms with Crippen molar-refractivity contribution in [1.29, 1.82) is 0 Å². The number of carboxylic acids is 1. The zero-order valence-electron chi connectivity index (χ0n) is 10.9. The van der Waals surface area contributed by atoms with Crippen LogP contribution in [0.1, 0.15) is 18.9 Å². The van der Waals surface area contributed by atoms with Crippen molar-refractivity contribution in [1.82, 2.24) is 0 Å². The van der Waals surface area contributed by atoms with Gasteiger partial charge in [-0.1, -0.05) is 6.07 Å². The summed E-state index contributed by atoms with van der Waals surface area (Å²) in [5.41, 5.74) is 6.03. The monoisotopic (exact) mass is 253 g/mol. The van der Waals surface area contributed by atoms with E-state index in [0.29, 0.717) is 17.9 Å². The average Bonchev–Trinajstić information content (AvgIpc) is 2.27. The Balaban J connectivity index is 2.93. The summed E-state index contributed by atoms with van der Waals surface area (Å²) in [7, 11) is 3.13. The fourth-order valence-electron chi connectivity index (χ4n) is 1.84. The number of methoxy groups -OCH3 is 2. The van der Waals surface area contributed by atoms with Crippen LogP contribution in [0.2, 0.25) is 0 Å². The predicted octanol–water partition coefficient (Wildman–Crippen LogP) is 1.44. The first-order valence-corrected chi connectivity index (χ1v) is 5.59. The van der Waals surface area contributed by atoms with Gasteiger partial charge in [0.15, 0.2) is 0 Å². The van der Waals surface area contributed by atoms with Gasteiger partial charge in [-0.25, -0.2) is 0 Å². The minimum absolute atomic E-state index is 0.0951. The Kier molecular flexibility index (Phi) is 4.55. The lowest BCUT2D eigenvalue weighted by Crippen LogP contribution is -2.40. The van der Waals surface area contributed by atoms with Crippen molar-refractivity contribution in [3.63, 3.8) is 0 Å². The van der Waals surface area contributed by atoms with E-state index in [0.717, 1.165) is 5.56 Å². The highest BCUT2D eigenvalue weighted by Crippen LogP contribution is 2.27. The lowest BCUT2D eigenvalue weighted by Gasteiger charge is -2.23. The van der Waals surface area contributed by atoms with Crippen molar-refractivity contribution in [2.45, 2.75) is 25.3 Å². The lowest BCUT2D eigenvalue weighted by atomic mass is 9.90. The predicted molar refractivity (Wildman–Crippen MR) is 68.1 cm³/mol. The molecule has 0 aromatic heterocycles. The molecule has 1 atom stereocenters. The van der Waals surface area contributed by atoms with Crippen molar-refractivity contribution < 1.29 is 19.4 Å². The molecular formula is C13H19NO4. The third-order valence-corrected chi connectivity index (χ3v) is 2.64. The number of hydrogen-bond donors (Lipinski definition) is 2. The van der Waals surface area contributed by atoms with Crippen molar-refractivity contribution in [2.24, 2.45) is 5.73 Å². The first kappa shape index (κ1) is 14.3. The quantitative estimate of drug-likeness (QED) is 0.801. The maximum Gasteiger partial charge on any atom is 0.305 e. The molecule has 3 N–H and O–H groups in total. The minimum atomic E-state index is -0.910. The second-order valence-corrected chi connectivity index (χ2v) is 4.58. The van der Waals surface area contributed by atoms with E-state index in [1.54, 1.807) is 33.3 Å². The van der Waals surface area contributed by atoms with Gasteiger partial charge < -0.3 is 20.3 Å². The van der Waals surface area contributed by atoms with E-state index in [-0.39, 0.29) is 6.42 Å². The maximum absolute atomic E-state index is 10.7. The molecule has 1 unspecified atom stereocenters. The molecule has 0 spiro atoms. The second-order valence-electron chi connectivity index (χ2n) is 4.58. The molecule has 1 aromatic carbocycles. The molecule has 0 amide bonds. The highest BCUT2D eigenvalue weighted by Gasteiger charge is 2.24. The Morgan fingerprint density at radius 2 is 2.06 bits per heavy atom. The van der Waals surface area contributed by atoms with Gasteiger partial charge in [-0.3, -0.25) is 4.79 Å². The molecule has 5 nitrogen and oxygen atoms in total. The number of rotatable bonds is 6. The summed E-state index contributed by atoms with van der Waals surface area (Å²) in [5, 5.41) is 8.80. The third kappa shape index (κ3) is 3.92. The highest BCUT2D eigenvalue weighted by atomic mass is 16.5. The van der Waals surface area contributed by atoms with E-state index in [2.05, 4.69) is 0 Å². The normalized spacial score (nSPS) is 13.8. The molecule has 0 aliphatic carbocycles. The standard InChI is InChI=1S/C13H19NO4/c1-13(14,8-12(15)16)7-9-4-5-10(17-2)6-11(9)18-3/h4-6H,7-8,14H2,1-3H3,(H,15,16). The van der Waals surface area contributed by atoms with E-state index < -0.39 is 11.5 Å². The van der Waals surface area contributed by atoms with Gasteiger partial charge in [0, 0.05) is 11.6 Å². The molecule has 0 radical (unpaired) electrons. The first-order valence-electron chi connectivity index (χ1n) is 5.59. The van der Waals surface area contributed by atoms with E-state index in [4.69, 9.17) is 20.3 Å². The summed E-state index contributed by atoms with van der Waals surface area (Å²) >= 11 is 0. The number of benzene rings is 1. The van der Waals surface area contributed by atoms with Gasteiger partial charge in [-0.05, 0) is 25.0 Å². The third-order valence-electron chi connectivity index (χ3n) is 2.64. The second kappa shape index (κ2) is 5.73. The minimum Gasteiger partial charge on any atom is -0.497 e. The average molecular weight is 253 g/mol. The molecule has 5 heteroatoms. The Morgan fingerprint density at radius 1 is 1.39 bits per heavy atom. The van der Waals surface area contributed by atoms with Crippen LogP contribution in [0, 0.1) is 0 Å². The number of carboxylic acid groups (broad SMARTS) is 1. The number of aliphatic carboxylic acids is 1. The number of carbonyl (C=O) groups is 1. The van der Waals surface area contributed by atoms with Gasteiger partial charge in [-0.15, -0.1) is 0 Å². The molecule has 0 aliphatic rings. The molecule has 0 heterocycles. The topological polar surface area (TPSA) is 81.8 Å². The van der Waals surface area contributed by atoms with Crippen molar-refractivity contribution >= 4 is 5.97 Å². The zero-order valence-corrected chi connectivity index (χ0v) is 10.9. The maximum atomic E-state index is 10.7. The van der Waals surface area contributed by atoms with Crippen LogP contribution in [0.25, 0.3) is 0 Å². The Morgan fingerprint density at radius 3 is 2.56 bits per heavy atom. The summed E-state index contributed by atoms with van der Waals surface area (Å²) in [6, 6.07) is 5.39. The summed E-state index contributed by atoms with van der Waals surface area (Å²) in [6.07, 6.45) is 0.328. The molecule has 0 aliphatic heterocycles. The summed E-state index contributed by atoms with van der Waals surface area (Å²) in [4.78, 5) is 10.7. The highest BCUT2D eigenvalue weighted by molar-refractivity contribution is 5.68. The zero-order chi connectivity index (χ0) is 13.8. The molecule has 0 saturated carbocycles. The Labute approximate surface area is 107 Å². The molecule has 0 saturated heterocycles. The first-order chi connectivity index (χ1) is 8.38. The van der Waals surface area contributed by atoms with Crippen LogP contribution in [0.3, 0.4) is 0 Å². The van der Waals surface area contributed by atoms with Crippen molar-refractivity contribution in [3.8, 4) is 11.5 Å². The van der Waals surface area contributed by atoms with Crippen LogP contribution in [0.15, 0.2) is 18.2 Å². The Bertz CT molecular complexity index is 429. The molecule has 18 heavy (non-hydrogen) atoms. The molecular weight excluding hydrogens is 234 g/mol. The number of nitrogens with two attached hydrogens (primary N) is 1. The largest absolute Gasteiger partial charge is 0.497 e. The van der Waals surface area contributed by atoms with Gasteiger partial charge >= 0.3 is 5.97 Å². The summed E-state index contributed by atoms with van der Waals surface area (Å²) < 4.78 is 10.4. The number of hydrogen-bond acceptors (Lipinski definition) is 4. The number of ether oxygens (including phenoxy) is 2. The van der Waals surface area contributed by atoms with Crippen LogP contribution in [0.5, 0.6) is 11.5 Å². The molecule has 0 fully saturated rings. The van der Waals surface area contributed by atoms with Gasteiger partial charge in [0.05, 0.1) is 20.6 Å². The van der Waals surface area contributed by atoms with E-state index >= 15 is 0 Å². The van der Waals surface area contributed by atoms with Gasteiger partial charge in [0.25, 0.3) is 0 Å². The van der Waals surface area contributed by atoms with Crippen molar-refractivity contribution in [2.75, 3.05) is 14.2 Å². The SMILES string of the molecule is COc1ccc(CC(C)(N)CC(=O)O)c(OC)c1. The van der Waals surface area contributed by atoms with E-state index in [9.17, 15) is 4.79 Å². The van der Waals surface area contributed by atoms with Crippen LogP contribution >= 0.6 is 0 Å². The van der Waals surface area contributed by atoms with Gasteiger partial charge in [-0.2, -0.15) is 0 Å². The van der Waals surface area contributed by atoms with Crippen molar-refractivity contribution in [3.05, 3.63) is 23.8 Å². The van der Waals surface area contributed by atoms with E-state index in [1.807, 2.05) is 6.07 Å².